The molecule has 2 aliphatic heterocycles. The van der Waals surface area contributed by atoms with Gasteiger partial charge in [-0.05, 0) is 78.4 Å². The molecule has 0 bridgehead atoms. The molecule has 51 heavy (non-hydrogen) atoms. The van der Waals surface area contributed by atoms with E-state index < -0.39 is 5.97 Å². The third-order valence-electron chi connectivity index (χ3n) is 10.2. The molecule has 2 saturated heterocycles. The highest BCUT2D eigenvalue weighted by atomic mass is 16.4. The average molecular weight is 686 g/mol. The lowest BCUT2D eigenvalue weighted by atomic mass is 9.93. The topological polar surface area (TPSA) is 150 Å². The van der Waals surface area contributed by atoms with Gasteiger partial charge in [0, 0.05) is 81.0 Å². The van der Waals surface area contributed by atoms with E-state index in [-0.39, 0.29) is 23.1 Å². The van der Waals surface area contributed by atoms with Crippen molar-refractivity contribution in [3.63, 3.8) is 0 Å². The van der Waals surface area contributed by atoms with Gasteiger partial charge < -0.3 is 24.5 Å². The van der Waals surface area contributed by atoms with Crippen LogP contribution in [0.4, 0.5) is 11.5 Å². The lowest BCUT2D eigenvalue weighted by molar-refractivity contribution is -0.147. The van der Waals surface area contributed by atoms with Crippen molar-refractivity contribution in [3.05, 3.63) is 100 Å². The zero-order chi connectivity index (χ0) is 35.2. The monoisotopic (exact) mass is 685 g/mol. The van der Waals surface area contributed by atoms with Crippen LogP contribution in [0, 0.1) is 19.8 Å². The number of carboxylic acid groups (broad SMARTS) is 1. The smallest absolute Gasteiger partial charge is 0.309 e. The third-order valence-corrected chi connectivity index (χ3v) is 10.2. The van der Waals surface area contributed by atoms with Crippen LogP contribution < -0.4 is 10.9 Å². The van der Waals surface area contributed by atoms with E-state index in [1.54, 1.807) is 23.0 Å². The number of anilines is 2. The highest BCUT2D eigenvalue weighted by molar-refractivity contribution is 5.91. The standard InChI is InChI=1S/C39H39N7O5/c1-23-29(5-3-7-31(23)37-43-35-33(51-37)11-14-46(38(35)48)16-15-45-20-27(21-45)39(49)50)30-6-4-8-32(24(30)2)42-36-34-26(9-12-40-36)17-25(18-41-34)19-44-13-10-28(47)22-44/h3-9,11-12,14,17-18,27-28,47H,10,13,15-16,19-22H2,1-2H3,(H,40,42)(H,49,50)/t28-/m1/s1. The molecule has 0 saturated carbocycles. The number of hydrogen-bond acceptors (Lipinski definition) is 10. The highest BCUT2D eigenvalue weighted by Gasteiger charge is 2.32. The SMILES string of the molecule is Cc1c(Nc2nccc3cc(CN4CC[C@@H](O)C4)cnc23)cccc1-c1cccc(-c2nc3c(=O)n(CCN4CC(C(=O)O)C4)ccc3o2)c1C. The molecular weight excluding hydrogens is 646 g/mol. The first-order chi connectivity index (χ1) is 24.7. The third kappa shape index (κ3) is 6.37. The largest absolute Gasteiger partial charge is 0.481 e. The molecular formula is C39H39N7O5. The molecule has 2 fully saturated rings. The van der Waals surface area contributed by atoms with Crippen molar-refractivity contribution in [2.24, 2.45) is 5.92 Å². The van der Waals surface area contributed by atoms with Crippen molar-refractivity contribution in [2.75, 3.05) is 38.0 Å². The van der Waals surface area contributed by atoms with Gasteiger partial charge in [0.2, 0.25) is 5.89 Å². The Morgan fingerprint density at radius 3 is 2.51 bits per heavy atom. The number of rotatable bonds is 10. The molecule has 12 heteroatoms. The minimum Gasteiger partial charge on any atom is -0.481 e. The number of hydrogen-bond donors (Lipinski definition) is 3. The molecule has 6 heterocycles. The number of aliphatic carboxylic acids is 1. The fraction of sp³-hybridized carbons (Fsp3) is 0.308. The Balaban J connectivity index is 1.04. The van der Waals surface area contributed by atoms with Crippen LogP contribution in [0.15, 0.2) is 82.4 Å². The van der Waals surface area contributed by atoms with Gasteiger partial charge in [-0.25, -0.2) is 9.97 Å². The predicted molar refractivity (Wildman–Crippen MR) is 195 cm³/mol. The van der Waals surface area contributed by atoms with E-state index in [2.05, 4.69) is 45.3 Å². The van der Waals surface area contributed by atoms with Crippen molar-refractivity contribution in [1.82, 2.24) is 29.3 Å². The minimum absolute atomic E-state index is 0.236. The van der Waals surface area contributed by atoms with Gasteiger partial charge in [0.15, 0.2) is 16.9 Å². The summed E-state index contributed by atoms with van der Waals surface area (Å²) in [5.74, 6) is -0.0589. The first-order valence-corrected chi connectivity index (χ1v) is 17.3. The second-order valence-corrected chi connectivity index (χ2v) is 13.7. The number of aliphatic hydroxyl groups is 1. The number of benzene rings is 2. The molecule has 4 aromatic heterocycles. The second-order valence-electron chi connectivity index (χ2n) is 13.7. The highest BCUT2D eigenvalue weighted by Crippen LogP contribution is 2.37. The van der Waals surface area contributed by atoms with Gasteiger partial charge in [-0.2, -0.15) is 0 Å². The maximum atomic E-state index is 13.4. The van der Waals surface area contributed by atoms with Crippen LogP contribution in [0.1, 0.15) is 23.1 Å². The van der Waals surface area contributed by atoms with Crippen molar-refractivity contribution in [1.29, 1.82) is 0 Å². The number of aliphatic hydroxyl groups excluding tert-OH is 1. The molecule has 3 N–H and O–H groups in total. The molecule has 0 unspecified atom stereocenters. The van der Waals surface area contributed by atoms with Gasteiger partial charge in [0.25, 0.3) is 5.56 Å². The zero-order valence-corrected chi connectivity index (χ0v) is 28.5. The van der Waals surface area contributed by atoms with Gasteiger partial charge in [0.05, 0.1) is 12.0 Å². The summed E-state index contributed by atoms with van der Waals surface area (Å²) in [5, 5.41) is 23.6. The Kier molecular flexibility index (Phi) is 8.58. The van der Waals surface area contributed by atoms with Crippen molar-refractivity contribution < 1.29 is 19.4 Å². The zero-order valence-electron chi connectivity index (χ0n) is 28.5. The maximum absolute atomic E-state index is 13.4. The molecule has 0 amide bonds. The van der Waals surface area contributed by atoms with Crippen LogP contribution in [0.2, 0.25) is 0 Å². The van der Waals surface area contributed by atoms with Gasteiger partial charge in [0.1, 0.15) is 5.52 Å². The van der Waals surface area contributed by atoms with E-state index in [4.69, 9.17) is 14.5 Å². The summed E-state index contributed by atoms with van der Waals surface area (Å²) in [4.78, 5) is 42.9. The summed E-state index contributed by atoms with van der Waals surface area (Å²) in [7, 11) is 0. The first-order valence-electron chi connectivity index (χ1n) is 17.3. The van der Waals surface area contributed by atoms with Crippen LogP contribution in [0.25, 0.3) is 44.6 Å². The van der Waals surface area contributed by atoms with E-state index in [0.717, 1.165) is 69.5 Å². The number of nitrogens with zero attached hydrogens (tertiary/aromatic N) is 6. The molecule has 0 radical (unpaired) electrons. The Morgan fingerprint density at radius 2 is 1.73 bits per heavy atom. The number of pyridine rings is 3. The lowest BCUT2D eigenvalue weighted by Gasteiger charge is -2.36. The number of carboxylic acids is 1. The van der Waals surface area contributed by atoms with Gasteiger partial charge in [-0.15, -0.1) is 0 Å². The fourth-order valence-corrected chi connectivity index (χ4v) is 7.26. The summed E-state index contributed by atoms with van der Waals surface area (Å²) < 4.78 is 7.75. The lowest BCUT2D eigenvalue weighted by Crippen LogP contribution is -2.51. The van der Waals surface area contributed by atoms with Gasteiger partial charge in [-0.3, -0.25) is 24.4 Å². The van der Waals surface area contributed by atoms with Crippen LogP contribution >= 0.6 is 0 Å². The first kappa shape index (κ1) is 32.8. The average Bonchev–Trinajstić information content (AvgIpc) is 3.72. The molecule has 260 valence electrons. The normalized spacial score (nSPS) is 17.0. The predicted octanol–water partition coefficient (Wildman–Crippen LogP) is 5.21. The van der Waals surface area contributed by atoms with Crippen LogP contribution in [-0.2, 0) is 17.9 Å². The minimum atomic E-state index is -0.777. The Morgan fingerprint density at radius 1 is 0.941 bits per heavy atom. The molecule has 6 aromatic rings. The molecule has 0 aliphatic carbocycles. The number of nitrogens with one attached hydrogen (secondary N) is 1. The van der Waals surface area contributed by atoms with E-state index in [0.29, 0.717) is 50.0 Å². The summed E-state index contributed by atoms with van der Waals surface area (Å²) in [6.07, 6.45) is 5.95. The van der Waals surface area contributed by atoms with Crippen LogP contribution in [0.3, 0.4) is 0 Å². The number of likely N-dealkylation sites (tertiary alicyclic amines) is 2. The molecule has 2 aliphatic rings. The van der Waals surface area contributed by atoms with Gasteiger partial charge in [-0.1, -0.05) is 24.3 Å². The van der Waals surface area contributed by atoms with E-state index in [9.17, 15) is 14.7 Å². The summed E-state index contributed by atoms with van der Waals surface area (Å²) in [6, 6.07) is 18.0. The van der Waals surface area contributed by atoms with Crippen LogP contribution in [-0.4, -0.2) is 84.3 Å². The van der Waals surface area contributed by atoms with E-state index in [1.165, 1.54) is 0 Å². The Hall–Kier alpha value is -5.43. The Bertz CT molecular complexity index is 2350. The number of fused-ring (bicyclic) bond motifs is 2. The molecule has 0 spiro atoms. The summed E-state index contributed by atoms with van der Waals surface area (Å²) in [5.41, 5.74) is 8.12. The summed E-state index contributed by atoms with van der Waals surface area (Å²) >= 11 is 0. The summed E-state index contributed by atoms with van der Waals surface area (Å²) in [6.45, 7) is 8.47. The number of β-amino-alcohol motifs (C(OH)–C–C–N with tert-alkyl or cyclic N) is 1. The van der Waals surface area contributed by atoms with Crippen molar-refractivity contribution in [3.8, 4) is 22.6 Å². The van der Waals surface area contributed by atoms with Crippen molar-refractivity contribution in [2.45, 2.75) is 39.5 Å². The van der Waals surface area contributed by atoms with Crippen molar-refractivity contribution >= 4 is 39.5 Å². The quantitative estimate of drug-likeness (QED) is 0.174. The van der Waals surface area contributed by atoms with E-state index >= 15 is 0 Å². The Labute approximate surface area is 294 Å². The maximum Gasteiger partial charge on any atom is 0.309 e. The second kappa shape index (κ2) is 13.4. The molecule has 1 atom stereocenters. The number of oxazole rings is 1. The number of aromatic nitrogens is 4. The molecule has 2 aromatic carbocycles. The number of carbonyl (C=O) groups is 1. The van der Waals surface area contributed by atoms with Gasteiger partial charge >= 0.3 is 5.97 Å². The fourth-order valence-electron chi connectivity index (χ4n) is 7.26. The van der Waals surface area contributed by atoms with E-state index in [1.807, 2.05) is 48.4 Å². The van der Waals surface area contributed by atoms with Crippen LogP contribution in [0.5, 0.6) is 0 Å². The molecule has 12 nitrogen and oxygen atoms in total. The molecule has 8 rings (SSSR count).